The van der Waals surface area contributed by atoms with Crippen LogP contribution in [0.4, 0.5) is 5.69 Å². The van der Waals surface area contributed by atoms with Crippen LogP contribution in [0, 0.1) is 17.2 Å². The van der Waals surface area contributed by atoms with Gasteiger partial charge in [-0.15, -0.1) is 0 Å². The lowest BCUT2D eigenvalue weighted by molar-refractivity contribution is 0.487. The van der Waals surface area contributed by atoms with Gasteiger partial charge >= 0.3 is 0 Å². The van der Waals surface area contributed by atoms with Gasteiger partial charge in [-0.05, 0) is 48.2 Å². The normalized spacial score (nSPS) is 14.6. The Morgan fingerprint density at radius 3 is 2.78 bits per heavy atom. The molecule has 6 nitrogen and oxygen atoms in total. The average Bonchev–Trinajstić information content (AvgIpc) is 3.24. The standard InChI is InChI=1S/C25H22ClN5O/c26-20-3-1-2-18(10-20)16-31-9-6-19(11-24(31)32)23-15-29-25-22(23)12-21(14-28-25)30-7-4-17(13-27)5-8-30/h1-3,6,9-12,14-15,17H,4-5,7-8,16H2,(H,28,29). The lowest BCUT2D eigenvalue weighted by Gasteiger charge is -2.30. The van der Waals surface area contributed by atoms with Gasteiger partial charge in [0, 0.05) is 53.4 Å². The molecule has 160 valence electrons. The number of rotatable bonds is 4. The summed E-state index contributed by atoms with van der Waals surface area (Å²) in [5.74, 6) is 0.143. The molecule has 0 radical (unpaired) electrons. The molecule has 5 rings (SSSR count). The number of anilines is 1. The molecule has 7 heteroatoms. The largest absolute Gasteiger partial charge is 0.370 e. The number of hydrogen-bond acceptors (Lipinski definition) is 4. The molecule has 0 saturated carbocycles. The molecule has 1 aromatic carbocycles. The zero-order valence-corrected chi connectivity index (χ0v) is 18.2. The molecule has 1 saturated heterocycles. The molecule has 0 spiro atoms. The highest BCUT2D eigenvalue weighted by Gasteiger charge is 2.20. The van der Waals surface area contributed by atoms with Crippen molar-refractivity contribution in [1.29, 1.82) is 5.26 Å². The molecule has 32 heavy (non-hydrogen) atoms. The van der Waals surface area contributed by atoms with E-state index in [0.717, 1.165) is 59.3 Å². The molecule has 0 amide bonds. The van der Waals surface area contributed by atoms with Crippen LogP contribution < -0.4 is 10.5 Å². The molecular weight excluding hydrogens is 422 g/mol. The van der Waals surface area contributed by atoms with Crippen LogP contribution >= 0.6 is 11.6 Å². The summed E-state index contributed by atoms with van der Waals surface area (Å²) in [5, 5.41) is 10.8. The molecule has 4 aromatic rings. The van der Waals surface area contributed by atoms with Crippen LogP contribution in [0.1, 0.15) is 18.4 Å². The van der Waals surface area contributed by atoms with Crippen LogP contribution in [-0.4, -0.2) is 27.6 Å². The Morgan fingerprint density at radius 1 is 1.19 bits per heavy atom. The van der Waals surface area contributed by atoms with E-state index in [1.807, 2.05) is 48.9 Å². The second-order valence-corrected chi connectivity index (χ2v) is 8.63. The third-order valence-corrected chi connectivity index (χ3v) is 6.34. The number of fused-ring (bicyclic) bond motifs is 1. The summed E-state index contributed by atoms with van der Waals surface area (Å²) in [6.45, 7) is 2.17. The number of piperidine rings is 1. The summed E-state index contributed by atoms with van der Waals surface area (Å²) >= 11 is 6.07. The molecular formula is C25H22ClN5O. The van der Waals surface area contributed by atoms with E-state index in [9.17, 15) is 4.79 Å². The van der Waals surface area contributed by atoms with Crippen molar-refractivity contribution in [3.05, 3.63) is 82.0 Å². The number of aromatic nitrogens is 3. The number of nitrogens with one attached hydrogen (secondary N) is 1. The smallest absolute Gasteiger partial charge is 0.251 e. The van der Waals surface area contributed by atoms with Crippen molar-refractivity contribution in [3.63, 3.8) is 0 Å². The van der Waals surface area contributed by atoms with Gasteiger partial charge in [-0.25, -0.2) is 4.98 Å². The number of aromatic amines is 1. The number of benzene rings is 1. The number of H-pyrrole nitrogens is 1. The van der Waals surface area contributed by atoms with Crippen molar-refractivity contribution >= 4 is 28.3 Å². The van der Waals surface area contributed by atoms with Crippen molar-refractivity contribution in [2.24, 2.45) is 5.92 Å². The highest BCUT2D eigenvalue weighted by atomic mass is 35.5. The van der Waals surface area contributed by atoms with Gasteiger partial charge in [0.05, 0.1) is 24.5 Å². The Bertz CT molecular complexity index is 1380. The predicted octanol–water partition coefficient (Wildman–Crippen LogP) is 4.83. The molecule has 0 unspecified atom stereocenters. The second-order valence-electron chi connectivity index (χ2n) is 8.19. The van der Waals surface area contributed by atoms with Crippen LogP contribution in [0.15, 0.2) is 65.8 Å². The maximum Gasteiger partial charge on any atom is 0.251 e. The van der Waals surface area contributed by atoms with Crippen molar-refractivity contribution in [1.82, 2.24) is 14.5 Å². The van der Waals surface area contributed by atoms with E-state index < -0.39 is 0 Å². The third kappa shape index (κ3) is 4.00. The van der Waals surface area contributed by atoms with Gasteiger partial charge in [0.1, 0.15) is 5.65 Å². The van der Waals surface area contributed by atoms with E-state index in [4.69, 9.17) is 16.9 Å². The highest BCUT2D eigenvalue weighted by molar-refractivity contribution is 6.30. The molecule has 0 bridgehead atoms. The average molecular weight is 444 g/mol. The fourth-order valence-electron chi connectivity index (χ4n) is 4.31. The minimum atomic E-state index is -0.0699. The highest BCUT2D eigenvalue weighted by Crippen LogP contribution is 2.31. The van der Waals surface area contributed by atoms with E-state index in [0.29, 0.717) is 11.6 Å². The SMILES string of the molecule is N#CC1CCN(c2cnc3[nH]cc(-c4ccn(Cc5cccc(Cl)c5)c(=O)c4)c3c2)CC1. The number of halogens is 1. The van der Waals surface area contributed by atoms with E-state index in [2.05, 4.69) is 27.0 Å². The Kier molecular flexibility index (Phi) is 5.42. The van der Waals surface area contributed by atoms with Gasteiger partial charge < -0.3 is 14.5 Å². The van der Waals surface area contributed by atoms with Gasteiger partial charge in [0.25, 0.3) is 5.56 Å². The zero-order valence-electron chi connectivity index (χ0n) is 17.5. The lowest BCUT2D eigenvalue weighted by Crippen LogP contribution is -2.33. The fourth-order valence-corrected chi connectivity index (χ4v) is 4.52. The van der Waals surface area contributed by atoms with Crippen LogP contribution in [-0.2, 0) is 6.54 Å². The van der Waals surface area contributed by atoms with Crippen molar-refractivity contribution < 1.29 is 0 Å². The maximum atomic E-state index is 12.8. The first kappa shape index (κ1) is 20.3. The Labute approximate surface area is 190 Å². The van der Waals surface area contributed by atoms with Crippen LogP contribution in [0.25, 0.3) is 22.2 Å². The summed E-state index contributed by atoms with van der Waals surface area (Å²) in [6.07, 6.45) is 7.35. The van der Waals surface area contributed by atoms with Gasteiger partial charge in [0.15, 0.2) is 0 Å². The molecule has 1 fully saturated rings. The number of nitriles is 1. The minimum absolute atomic E-state index is 0.0699. The molecule has 0 atom stereocenters. The summed E-state index contributed by atoms with van der Waals surface area (Å²) in [4.78, 5) is 22.9. The maximum absolute atomic E-state index is 12.8. The van der Waals surface area contributed by atoms with Crippen molar-refractivity contribution in [2.45, 2.75) is 19.4 Å². The first-order valence-corrected chi connectivity index (χ1v) is 11.1. The van der Waals surface area contributed by atoms with E-state index in [1.165, 1.54) is 0 Å². The van der Waals surface area contributed by atoms with Crippen LogP contribution in [0.3, 0.4) is 0 Å². The number of pyridine rings is 2. The molecule has 4 heterocycles. The Hall–Kier alpha value is -3.56. The second kappa shape index (κ2) is 8.52. The van der Waals surface area contributed by atoms with E-state index in [1.54, 1.807) is 10.6 Å². The van der Waals surface area contributed by atoms with Crippen molar-refractivity contribution in [2.75, 3.05) is 18.0 Å². The molecule has 1 aliphatic rings. The summed E-state index contributed by atoms with van der Waals surface area (Å²) in [5.41, 5.74) is 4.55. The predicted molar refractivity (Wildman–Crippen MR) is 127 cm³/mol. The van der Waals surface area contributed by atoms with E-state index >= 15 is 0 Å². The first-order valence-electron chi connectivity index (χ1n) is 10.7. The van der Waals surface area contributed by atoms with Crippen molar-refractivity contribution in [3.8, 4) is 17.2 Å². The third-order valence-electron chi connectivity index (χ3n) is 6.11. The summed E-state index contributed by atoms with van der Waals surface area (Å²) in [7, 11) is 0. The molecule has 0 aliphatic carbocycles. The van der Waals surface area contributed by atoms with Gasteiger partial charge in [-0.2, -0.15) is 5.26 Å². The van der Waals surface area contributed by atoms with Crippen LogP contribution in [0.2, 0.25) is 5.02 Å². The van der Waals surface area contributed by atoms with Gasteiger partial charge in [0.2, 0.25) is 0 Å². The Balaban J connectivity index is 1.44. The topological polar surface area (TPSA) is 77.7 Å². The Morgan fingerprint density at radius 2 is 2.03 bits per heavy atom. The minimum Gasteiger partial charge on any atom is -0.370 e. The van der Waals surface area contributed by atoms with Gasteiger partial charge in [-0.3, -0.25) is 4.79 Å². The van der Waals surface area contributed by atoms with Gasteiger partial charge in [-0.1, -0.05) is 23.7 Å². The quantitative estimate of drug-likeness (QED) is 0.490. The summed E-state index contributed by atoms with van der Waals surface area (Å²) in [6, 6.07) is 15.7. The molecule has 1 aliphatic heterocycles. The molecule has 1 N–H and O–H groups in total. The fraction of sp³-hybridized carbons (Fsp3) is 0.240. The van der Waals surface area contributed by atoms with E-state index in [-0.39, 0.29) is 11.5 Å². The van der Waals surface area contributed by atoms with Crippen LogP contribution in [0.5, 0.6) is 0 Å². The monoisotopic (exact) mass is 443 g/mol. The number of nitrogens with zero attached hydrogens (tertiary/aromatic N) is 4. The molecule has 3 aromatic heterocycles. The number of hydrogen-bond donors (Lipinski definition) is 1. The summed E-state index contributed by atoms with van der Waals surface area (Å²) < 4.78 is 1.67. The first-order chi connectivity index (χ1) is 15.6. The lowest BCUT2D eigenvalue weighted by atomic mass is 9.98. The zero-order chi connectivity index (χ0) is 22.1.